The fraction of sp³-hybridized carbons (Fsp3) is 0.529. The first-order chi connectivity index (χ1) is 10.5. The summed E-state index contributed by atoms with van der Waals surface area (Å²) in [5.41, 5.74) is 7.63. The Labute approximate surface area is 131 Å². The van der Waals surface area contributed by atoms with Crippen LogP contribution in [0.15, 0.2) is 24.3 Å². The molecule has 5 heteroatoms. The highest BCUT2D eigenvalue weighted by Gasteiger charge is 2.21. The summed E-state index contributed by atoms with van der Waals surface area (Å²) in [5, 5.41) is 2.11. The third kappa shape index (κ3) is 5.48. The Balaban J connectivity index is 1.67. The van der Waals surface area contributed by atoms with Crippen molar-refractivity contribution in [1.29, 1.82) is 0 Å². The number of rotatable bonds is 5. The molecule has 1 aromatic carbocycles. The maximum absolute atomic E-state index is 11.5. The summed E-state index contributed by atoms with van der Waals surface area (Å²) in [4.78, 5) is 24.2. The van der Waals surface area contributed by atoms with E-state index in [0.717, 1.165) is 38.3 Å². The number of carbonyl (C=O) groups is 2. The van der Waals surface area contributed by atoms with Crippen molar-refractivity contribution >= 4 is 11.9 Å². The molecule has 0 atom stereocenters. The zero-order valence-electron chi connectivity index (χ0n) is 13.2. The molecule has 1 aliphatic heterocycles. The van der Waals surface area contributed by atoms with Crippen molar-refractivity contribution < 1.29 is 9.59 Å². The second-order valence-corrected chi connectivity index (χ2v) is 6.16. The van der Waals surface area contributed by atoms with E-state index in [0.29, 0.717) is 0 Å². The lowest BCUT2D eigenvalue weighted by Crippen LogP contribution is -2.44. The van der Waals surface area contributed by atoms with E-state index in [9.17, 15) is 9.59 Å². The third-order valence-corrected chi connectivity index (χ3v) is 4.30. The molecule has 5 nitrogen and oxygen atoms in total. The molecule has 2 rings (SSSR count). The van der Waals surface area contributed by atoms with Gasteiger partial charge in [0.25, 0.3) is 0 Å². The Kier molecular flexibility index (Phi) is 5.95. The molecule has 0 saturated carbocycles. The summed E-state index contributed by atoms with van der Waals surface area (Å²) >= 11 is 0. The number of nitrogens with two attached hydrogens (primary N) is 1. The van der Waals surface area contributed by atoms with Crippen LogP contribution in [0, 0.1) is 12.8 Å². The van der Waals surface area contributed by atoms with E-state index >= 15 is 0 Å². The van der Waals surface area contributed by atoms with Crippen molar-refractivity contribution in [1.82, 2.24) is 10.2 Å². The smallest absolute Gasteiger partial charge is 0.318 e. The number of benzene rings is 1. The number of amides is 3. The van der Waals surface area contributed by atoms with Crippen molar-refractivity contribution in [2.24, 2.45) is 11.7 Å². The predicted molar refractivity (Wildman–Crippen MR) is 86.4 cm³/mol. The molecule has 1 aromatic rings. The molecule has 1 saturated heterocycles. The molecule has 0 aromatic heterocycles. The number of carbonyl (C=O) groups excluding carboxylic acids is 2. The van der Waals surface area contributed by atoms with E-state index in [1.807, 2.05) is 0 Å². The van der Waals surface area contributed by atoms with Gasteiger partial charge in [-0.15, -0.1) is 0 Å². The van der Waals surface area contributed by atoms with Crippen LogP contribution in [0.1, 0.15) is 30.4 Å². The molecular weight excluding hydrogens is 278 g/mol. The van der Waals surface area contributed by atoms with E-state index in [1.165, 1.54) is 17.5 Å². The Hall–Kier alpha value is -1.88. The second-order valence-electron chi connectivity index (χ2n) is 6.16. The number of hydrogen-bond acceptors (Lipinski definition) is 3. The first-order valence-corrected chi connectivity index (χ1v) is 7.90. The van der Waals surface area contributed by atoms with Crippen LogP contribution < -0.4 is 11.1 Å². The van der Waals surface area contributed by atoms with Crippen LogP contribution in [0.4, 0.5) is 4.79 Å². The highest BCUT2D eigenvalue weighted by molar-refractivity contribution is 5.94. The number of likely N-dealkylation sites (tertiary alicyclic amines) is 1. The fourth-order valence-electron chi connectivity index (χ4n) is 2.94. The first-order valence-electron chi connectivity index (χ1n) is 7.90. The molecule has 0 radical (unpaired) electrons. The van der Waals surface area contributed by atoms with Gasteiger partial charge < -0.3 is 5.73 Å². The maximum atomic E-state index is 11.5. The molecular formula is C17H25N3O2. The van der Waals surface area contributed by atoms with E-state index in [1.54, 1.807) is 0 Å². The number of urea groups is 1. The average Bonchev–Trinajstić information content (AvgIpc) is 2.47. The van der Waals surface area contributed by atoms with Crippen LogP contribution in [-0.4, -0.2) is 36.5 Å². The van der Waals surface area contributed by atoms with Crippen molar-refractivity contribution in [2.45, 2.75) is 32.6 Å². The maximum Gasteiger partial charge on any atom is 0.318 e. The van der Waals surface area contributed by atoms with Crippen molar-refractivity contribution in [3.05, 3.63) is 35.4 Å². The van der Waals surface area contributed by atoms with Gasteiger partial charge in [-0.3, -0.25) is 15.0 Å². The van der Waals surface area contributed by atoms with E-state index < -0.39 is 6.03 Å². The van der Waals surface area contributed by atoms with Crippen LogP contribution in [0.2, 0.25) is 0 Å². The highest BCUT2D eigenvalue weighted by Crippen LogP contribution is 2.22. The molecule has 0 aliphatic carbocycles. The number of piperidine rings is 1. The van der Waals surface area contributed by atoms with Crippen LogP contribution in [-0.2, 0) is 11.2 Å². The molecule has 22 heavy (non-hydrogen) atoms. The summed E-state index contributed by atoms with van der Waals surface area (Å²) in [5.74, 6) is 0.405. The van der Waals surface area contributed by atoms with Gasteiger partial charge >= 0.3 is 6.03 Å². The minimum absolute atomic E-state index is 0.258. The normalized spacial score (nSPS) is 16.4. The molecule has 3 N–H and O–H groups in total. The van der Waals surface area contributed by atoms with Crippen LogP contribution >= 0.6 is 0 Å². The molecule has 0 unspecified atom stereocenters. The third-order valence-electron chi connectivity index (χ3n) is 4.30. The van der Waals surface area contributed by atoms with Gasteiger partial charge in [0.1, 0.15) is 0 Å². The minimum atomic E-state index is -0.780. The van der Waals surface area contributed by atoms with Gasteiger partial charge in [0.15, 0.2) is 0 Å². The first kappa shape index (κ1) is 16.5. The molecule has 1 heterocycles. The molecule has 3 amide bonds. The van der Waals surface area contributed by atoms with Gasteiger partial charge in [0.2, 0.25) is 5.91 Å². The minimum Gasteiger partial charge on any atom is -0.351 e. The zero-order chi connectivity index (χ0) is 15.9. The number of nitrogens with one attached hydrogen (secondary N) is 1. The van der Waals surface area contributed by atoms with Crippen molar-refractivity contribution in [3.63, 3.8) is 0 Å². The Bertz CT molecular complexity index is 505. The standard InChI is InChI=1S/C17H25N3O2/c1-13-2-4-14(5-3-13)6-7-15-8-10-20(11-9-15)12-16(21)19-17(18)22/h2-5,15H,6-12H2,1H3,(H3,18,19,21,22). The van der Waals surface area contributed by atoms with Gasteiger partial charge in [-0.1, -0.05) is 29.8 Å². The Morgan fingerprint density at radius 3 is 2.45 bits per heavy atom. The van der Waals surface area contributed by atoms with Gasteiger partial charge in [0, 0.05) is 0 Å². The molecule has 1 aliphatic rings. The average molecular weight is 303 g/mol. The zero-order valence-corrected chi connectivity index (χ0v) is 13.2. The van der Waals surface area contributed by atoms with E-state index in [2.05, 4.69) is 41.4 Å². The summed E-state index contributed by atoms with van der Waals surface area (Å²) in [6.45, 7) is 4.18. The molecule has 0 bridgehead atoms. The number of hydrogen-bond donors (Lipinski definition) is 2. The van der Waals surface area contributed by atoms with Crippen molar-refractivity contribution in [3.8, 4) is 0 Å². The summed E-state index contributed by atoms with van der Waals surface area (Å²) in [6.07, 6.45) is 4.53. The Morgan fingerprint density at radius 1 is 1.23 bits per heavy atom. The van der Waals surface area contributed by atoms with Gasteiger partial charge in [-0.25, -0.2) is 4.79 Å². The molecule has 1 fully saturated rings. The van der Waals surface area contributed by atoms with Crippen LogP contribution in [0.3, 0.4) is 0 Å². The number of primary amides is 1. The van der Waals surface area contributed by atoms with E-state index in [-0.39, 0.29) is 12.5 Å². The number of aryl methyl sites for hydroxylation is 2. The lowest BCUT2D eigenvalue weighted by atomic mass is 9.90. The lowest BCUT2D eigenvalue weighted by Gasteiger charge is -2.31. The topological polar surface area (TPSA) is 75.4 Å². The Morgan fingerprint density at radius 2 is 1.86 bits per heavy atom. The predicted octanol–water partition coefficient (Wildman–Crippen LogP) is 1.83. The summed E-state index contributed by atoms with van der Waals surface area (Å²) < 4.78 is 0. The summed E-state index contributed by atoms with van der Waals surface area (Å²) in [6, 6.07) is 7.96. The molecule has 0 spiro atoms. The number of imide groups is 1. The van der Waals surface area contributed by atoms with Crippen molar-refractivity contribution in [2.75, 3.05) is 19.6 Å². The van der Waals surface area contributed by atoms with Gasteiger partial charge in [0.05, 0.1) is 6.54 Å². The fourth-order valence-corrected chi connectivity index (χ4v) is 2.94. The van der Waals surface area contributed by atoms with Gasteiger partial charge in [-0.2, -0.15) is 0 Å². The lowest BCUT2D eigenvalue weighted by molar-refractivity contribution is -0.121. The SMILES string of the molecule is Cc1ccc(CCC2CCN(CC(=O)NC(N)=O)CC2)cc1. The largest absolute Gasteiger partial charge is 0.351 e. The second kappa shape index (κ2) is 7.94. The molecule has 120 valence electrons. The quantitative estimate of drug-likeness (QED) is 0.871. The van der Waals surface area contributed by atoms with E-state index in [4.69, 9.17) is 5.73 Å². The number of nitrogens with zero attached hydrogens (tertiary/aromatic N) is 1. The highest BCUT2D eigenvalue weighted by atomic mass is 16.2. The van der Waals surface area contributed by atoms with Crippen LogP contribution in [0.25, 0.3) is 0 Å². The summed E-state index contributed by atoms with van der Waals surface area (Å²) in [7, 11) is 0. The van der Waals surface area contributed by atoms with Gasteiger partial charge in [-0.05, 0) is 57.2 Å². The van der Waals surface area contributed by atoms with Crippen LogP contribution in [0.5, 0.6) is 0 Å². The monoisotopic (exact) mass is 303 g/mol.